The molecule has 1 N–H and O–H groups in total. The fourth-order valence-corrected chi connectivity index (χ4v) is 19.5. The first-order valence-corrected chi connectivity index (χ1v) is 31.6. The number of aryl methyl sites for hydroxylation is 4. The van der Waals surface area contributed by atoms with Crippen LogP contribution in [0.4, 0.5) is 22.7 Å². The first kappa shape index (κ1) is 50.9. The molecule has 0 radical (unpaired) electrons. The van der Waals surface area contributed by atoms with Gasteiger partial charge in [0, 0.05) is 119 Å². The van der Waals surface area contributed by atoms with Crippen molar-refractivity contribution in [2.75, 3.05) is 72.0 Å². The molecule has 0 saturated heterocycles. The predicted octanol–water partition coefficient (Wildman–Crippen LogP) is 11.6. The molecule has 0 bridgehead atoms. The van der Waals surface area contributed by atoms with Gasteiger partial charge >= 0.3 is 17.9 Å². The number of carbonyl (C=O) groups is 4. The van der Waals surface area contributed by atoms with Gasteiger partial charge in [0.15, 0.2) is 11.2 Å². The molecule has 2 aliphatic carbocycles. The van der Waals surface area contributed by atoms with Gasteiger partial charge in [-0.25, -0.2) is 14.4 Å². The number of fused-ring (bicyclic) bond motifs is 16. The Morgan fingerprint density at radius 2 is 0.810 bits per heavy atom. The number of aromatic carboxylic acids is 1. The van der Waals surface area contributed by atoms with Gasteiger partial charge in [-0.1, -0.05) is 33.8 Å². The van der Waals surface area contributed by atoms with Gasteiger partial charge in [-0.2, -0.15) is 0 Å². The molecule has 18 rings (SSSR count). The first-order chi connectivity index (χ1) is 40.7. The van der Waals surface area contributed by atoms with Crippen LogP contribution in [-0.4, -0.2) is 81.8 Å². The molecule has 6 aromatic carbocycles. The van der Waals surface area contributed by atoms with Crippen LogP contribution in [0.2, 0.25) is 0 Å². The topological polar surface area (TPSA) is 129 Å². The lowest BCUT2D eigenvalue weighted by Crippen LogP contribution is -2.46. The number of carbonyl (C=O) groups excluding carboxylic acids is 3. The van der Waals surface area contributed by atoms with E-state index in [0.29, 0.717) is 23.3 Å². The van der Waals surface area contributed by atoms with Crippen molar-refractivity contribution in [1.82, 2.24) is 0 Å². The Bertz CT molecular complexity index is 3840. The van der Waals surface area contributed by atoms with Crippen molar-refractivity contribution in [1.29, 1.82) is 0 Å². The van der Waals surface area contributed by atoms with E-state index >= 15 is 0 Å². The lowest BCUT2D eigenvalue weighted by atomic mass is 9.57. The number of esters is 2. The van der Waals surface area contributed by atoms with Crippen molar-refractivity contribution in [2.24, 2.45) is 0 Å². The number of hydrogen-bond acceptors (Lipinski definition) is 11. The van der Waals surface area contributed by atoms with Gasteiger partial charge in [-0.15, -0.1) is 0 Å². The Morgan fingerprint density at radius 1 is 0.452 bits per heavy atom. The van der Waals surface area contributed by atoms with Gasteiger partial charge < -0.3 is 38.9 Å². The molecular weight excluding hydrogens is 1050 g/mol. The van der Waals surface area contributed by atoms with Crippen LogP contribution in [0.15, 0.2) is 60.7 Å². The fraction of sp³-hybridized carbons (Fsp3) is 0.444. The number of nitrogens with zero attached hydrogens (tertiary/aromatic N) is 4. The second-order valence-corrected chi connectivity index (χ2v) is 27.3. The molecule has 0 amide bonds. The summed E-state index contributed by atoms with van der Waals surface area (Å²) < 4.78 is 18.9. The third-order valence-corrected chi connectivity index (χ3v) is 22.2. The van der Waals surface area contributed by atoms with Crippen LogP contribution in [0, 0.1) is 0 Å². The van der Waals surface area contributed by atoms with E-state index in [1.807, 2.05) is 12.1 Å². The molecule has 0 unspecified atom stereocenters. The highest BCUT2D eigenvalue weighted by atomic mass is 16.6. The molecule has 84 heavy (non-hydrogen) atoms. The van der Waals surface area contributed by atoms with E-state index in [1.165, 1.54) is 95.6 Å². The maximum absolute atomic E-state index is 13.9. The fourth-order valence-electron chi connectivity index (χ4n) is 19.5. The van der Waals surface area contributed by atoms with Gasteiger partial charge in [0.25, 0.3) is 6.47 Å². The van der Waals surface area contributed by atoms with Crippen LogP contribution in [0.3, 0.4) is 0 Å². The summed E-state index contributed by atoms with van der Waals surface area (Å²) in [5.41, 5.74) is 26.7. The van der Waals surface area contributed by atoms with E-state index in [0.717, 1.165) is 188 Å². The Balaban J connectivity index is 0.000000132. The standard InChI is InChI=1S/2C36H36N2O4/c1-35(2)30-25-9-5-15-37-13-3-7-21(32(25)37)17-28(30)36(27-19-23(41-20-39)11-12-24(27)34(40)42-36)29-18-22-8-4-14-38-16-6-10-26(31(29)35)33(22)38;1-35(2)29-23-9-5-15-37-13-3-7-20(31(23)37)18-27(29)36(26-12-11-22(33(39)40)17-25(26)34(41)42-36)28-19-21-8-4-14-38-16-6-10-24(30(28)35)32(21)38/h11-12,17-20H,3-10,13-16H2,1-2H3;11-12,17-19H,3-10,13-16H2,1-2H3,(H,39,40). The molecule has 12 nitrogen and oxygen atoms in total. The third kappa shape index (κ3) is 6.55. The highest BCUT2D eigenvalue weighted by Crippen LogP contribution is 2.65. The molecule has 10 heterocycles. The Labute approximate surface area is 491 Å². The summed E-state index contributed by atoms with van der Waals surface area (Å²) in [4.78, 5) is 61.5. The summed E-state index contributed by atoms with van der Waals surface area (Å²) in [5, 5.41) is 9.79. The Kier molecular flexibility index (Phi) is 10.7. The lowest BCUT2D eigenvalue weighted by Gasteiger charge is -2.51. The number of rotatable bonds is 3. The number of benzene rings is 6. The molecule has 10 aliphatic heterocycles. The van der Waals surface area contributed by atoms with Crippen LogP contribution >= 0.6 is 0 Å². The van der Waals surface area contributed by atoms with Gasteiger partial charge in [-0.05, 0) is 224 Å². The second kappa shape index (κ2) is 17.7. The van der Waals surface area contributed by atoms with Crippen molar-refractivity contribution >= 4 is 47.1 Å². The van der Waals surface area contributed by atoms with Crippen LogP contribution in [0.1, 0.15) is 210 Å². The zero-order valence-electron chi connectivity index (χ0n) is 48.9. The highest BCUT2D eigenvalue weighted by molar-refractivity contribution is 6.01. The summed E-state index contributed by atoms with van der Waals surface area (Å²) in [5.74, 6) is -1.33. The van der Waals surface area contributed by atoms with Gasteiger partial charge in [-0.3, -0.25) is 4.79 Å². The normalized spacial score (nSPS) is 21.6. The van der Waals surface area contributed by atoms with E-state index in [2.05, 4.69) is 71.6 Å². The molecule has 12 heteroatoms. The molecule has 12 aliphatic rings. The predicted molar refractivity (Wildman–Crippen MR) is 323 cm³/mol. The van der Waals surface area contributed by atoms with E-state index in [4.69, 9.17) is 14.2 Å². The molecule has 6 aromatic rings. The quantitative estimate of drug-likeness (QED) is 0.134. The van der Waals surface area contributed by atoms with Crippen LogP contribution in [0.25, 0.3) is 0 Å². The molecule has 0 aromatic heterocycles. The van der Waals surface area contributed by atoms with Crippen molar-refractivity contribution in [3.05, 3.63) is 177 Å². The van der Waals surface area contributed by atoms with Crippen molar-refractivity contribution in [3.63, 3.8) is 0 Å². The molecular formula is C72H72N4O8. The van der Waals surface area contributed by atoms with E-state index in [9.17, 15) is 24.3 Å². The average Bonchev–Trinajstić information content (AvgIpc) is 1.21. The largest absolute Gasteiger partial charge is 0.478 e. The van der Waals surface area contributed by atoms with E-state index in [1.54, 1.807) is 18.2 Å². The average molecular weight is 1120 g/mol. The Morgan fingerprint density at radius 3 is 1.18 bits per heavy atom. The van der Waals surface area contributed by atoms with E-state index < -0.39 is 23.1 Å². The molecule has 0 saturated carbocycles. The minimum absolute atomic E-state index is 0.117. The summed E-state index contributed by atoms with van der Waals surface area (Å²) >= 11 is 0. The summed E-state index contributed by atoms with van der Waals surface area (Å²) in [6.07, 6.45) is 17.3. The minimum atomic E-state index is -1.08. The third-order valence-electron chi connectivity index (χ3n) is 22.2. The molecule has 0 fully saturated rings. The molecule has 428 valence electrons. The second-order valence-electron chi connectivity index (χ2n) is 27.3. The van der Waals surface area contributed by atoms with Gasteiger partial charge in [0.1, 0.15) is 5.75 Å². The summed E-state index contributed by atoms with van der Waals surface area (Å²) in [6, 6.07) is 19.9. The number of ether oxygens (including phenoxy) is 3. The van der Waals surface area contributed by atoms with E-state index in [-0.39, 0.29) is 22.4 Å². The van der Waals surface area contributed by atoms with Gasteiger partial charge in [0.2, 0.25) is 0 Å². The first-order valence-electron chi connectivity index (χ1n) is 31.6. The molecule has 2 spiro atoms. The monoisotopic (exact) mass is 1120 g/mol. The van der Waals surface area contributed by atoms with Crippen LogP contribution in [-0.2, 0) is 87.7 Å². The highest BCUT2D eigenvalue weighted by Gasteiger charge is 2.61. The number of hydrogen-bond donors (Lipinski definition) is 1. The number of carboxylic acids is 1. The Hall–Kier alpha value is -7.60. The van der Waals surface area contributed by atoms with Crippen LogP contribution < -0.4 is 24.3 Å². The zero-order valence-corrected chi connectivity index (χ0v) is 48.9. The van der Waals surface area contributed by atoms with Gasteiger partial charge in [0.05, 0.1) is 16.7 Å². The van der Waals surface area contributed by atoms with Crippen molar-refractivity contribution < 1.29 is 38.5 Å². The number of anilines is 4. The number of carboxylic acid groups (broad SMARTS) is 1. The maximum Gasteiger partial charge on any atom is 0.340 e. The molecule has 0 atom stereocenters. The maximum atomic E-state index is 13.9. The summed E-state index contributed by atoms with van der Waals surface area (Å²) in [6.45, 7) is 18.9. The lowest BCUT2D eigenvalue weighted by molar-refractivity contribution is -0.120. The van der Waals surface area contributed by atoms with Crippen LogP contribution in [0.5, 0.6) is 5.75 Å². The smallest absolute Gasteiger partial charge is 0.340 e. The summed E-state index contributed by atoms with van der Waals surface area (Å²) in [7, 11) is 0. The van der Waals surface area contributed by atoms with Crippen molar-refractivity contribution in [3.8, 4) is 5.75 Å². The van der Waals surface area contributed by atoms with Crippen molar-refractivity contribution in [2.45, 2.75) is 152 Å². The SMILES string of the molecule is CC1(C)c2c(cc3c4c2CCCN4CCC3)C2(OC(=O)c3cc(C(=O)O)ccc32)c2cc3c4c(c21)CCCN4CCC3.CC1(C)c2c(cc3c4c2CCCN4CCC3)C2(OC(=O)c3ccc(OC=O)cc32)c2cc3c4c(c21)CCCN4CCC3. The minimum Gasteiger partial charge on any atom is -0.478 e. The zero-order chi connectivity index (χ0) is 56.9.